The number of alkyl halides is 1. The first-order valence-electron chi connectivity index (χ1n) is 6.93. The van der Waals surface area contributed by atoms with Crippen molar-refractivity contribution in [2.24, 2.45) is 11.3 Å². The summed E-state index contributed by atoms with van der Waals surface area (Å²) in [4.78, 5) is 0. The van der Waals surface area contributed by atoms with E-state index in [1.54, 1.807) is 0 Å². The number of hydrogen-bond acceptors (Lipinski definition) is 1. The van der Waals surface area contributed by atoms with Gasteiger partial charge in [0.25, 0.3) is 0 Å². The molecular weight excluding hydrogens is 288 g/mol. The van der Waals surface area contributed by atoms with Gasteiger partial charge in [-0.3, -0.25) is 0 Å². The van der Waals surface area contributed by atoms with Crippen molar-refractivity contribution in [1.82, 2.24) is 0 Å². The summed E-state index contributed by atoms with van der Waals surface area (Å²) in [5.74, 6) is 2.02. The van der Waals surface area contributed by atoms with Crippen LogP contribution in [0.5, 0.6) is 5.75 Å². The molecule has 0 saturated heterocycles. The van der Waals surface area contributed by atoms with Crippen molar-refractivity contribution in [3.63, 3.8) is 0 Å². The summed E-state index contributed by atoms with van der Waals surface area (Å²) in [6.45, 7) is 4.57. The Bertz CT molecular complexity index is 452. The Morgan fingerprint density at radius 2 is 2.17 bits per heavy atom. The van der Waals surface area contributed by atoms with Gasteiger partial charge in [0.2, 0.25) is 0 Å². The Labute approximate surface area is 118 Å². The number of ether oxygens (including phenoxy) is 1. The molecule has 1 heterocycles. The van der Waals surface area contributed by atoms with Crippen LogP contribution in [0.15, 0.2) is 18.2 Å². The van der Waals surface area contributed by atoms with Crippen LogP contribution in [0.2, 0.25) is 0 Å². The minimum absolute atomic E-state index is 0.380. The molecule has 1 nitrogen and oxygen atoms in total. The van der Waals surface area contributed by atoms with Crippen LogP contribution < -0.4 is 4.74 Å². The highest BCUT2D eigenvalue weighted by molar-refractivity contribution is 9.09. The first kappa shape index (κ1) is 12.5. The van der Waals surface area contributed by atoms with Crippen LogP contribution >= 0.6 is 15.9 Å². The largest absolute Gasteiger partial charge is 0.490 e. The predicted octanol–water partition coefficient (Wildman–Crippen LogP) is 4.50. The lowest BCUT2D eigenvalue weighted by Gasteiger charge is -2.30. The van der Waals surface area contributed by atoms with E-state index >= 15 is 0 Å². The lowest BCUT2D eigenvalue weighted by Crippen LogP contribution is -2.29. The maximum Gasteiger partial charge on any atom is 0.123 e. The lowest BCUT2D eigenvalue weighted by atomic mass is 9.81. The summed E-state index contributed by atoms with van der Waals surface area (Å²) in [6, 6.07) is 6.55. The molecule has 2 aliphatic rings. The molecule has 3 rings (SSSR count). The maximum absolute atomic E-state index is 6.12. The fourth-order valence-electron chi connectivity index (χ4n) is 3.19. The van der Waals surface area contributed by atoms with Crippen LogP contribution in [-0.2, 0) is 6.42 Å². The second kappa shape index (κ2) is 4.56. The highest BCUT2D eigenvalue weighted by atomic mass is 79.9. The predicted molar refractivity (Wildman–Crippen MR) is 78.5 cm³/mol. The molecular formula is C16H21BrO. The third-order valence-corrected chi connectivity index (χ3v) is 5.80. The molecule has 98 valence electrons. The summed E-state index contributed by atoms with van der Waals surface area (Å²) in [7, 11) is 0. The van der Waals surface area contributed by atoms with E-state index in [2.05, 4.69) is 48.0 Å². The average molecular weight is 309 g/mol. The molecule has 0 bridgehead atoms. The molecule has 0 spiro atoms. The van der Waals surface area contributed by atoms with Gasteiger partial charge >= 0.3 is 0 Å². The van der Waals surface area contributed by atoms with E-state index in [0.717, 1.165) is 23.4 Å². The number of benzene rings is 1. The Hall–Kier alpha value is -0.500. The maximum atomic E-state index is 6.12. The van der Waals surface area contributed by atoms with Crippen LogP contribution in [0.1, 0.15) is 37.3 Å². The van der Waals surface area contributed by atoms with Gasteiger partial charge in [-0.05, 0) is 49.1 Å². The van der Waals surface area contributed by atoms with E-state index < -0.39 is 0 Å². The second-order valence-corrected chi connectivity index (χ2v) is 6.88. The summed E-state index contributed by atoms with van der Waals surface area (Å²) in [6.07, 6.45) is 5.45. The Morgan fingerprint density at radius 3 is 2.83 bits per heavy atom. The zero-order valence-electron chi connectivity index (χ0n) is 11.2. The van der Waals surface area contributed by atoms with E-state index in [1.807, 2.05) is 0 Å². The minimum Gasteiger partial charge on any atom is -0.490 e. The van der Waals surface area contributed by atoms with Crippen molar-refractivity contribution in [3.05, 3.63) is 29.3 Å². The quantitative estimate of drug-likeness (QED) is 0.744. The third kappa shape index (κ3) is 2.32. The number of rotatable bonds is 4. The molecule has 18 heavy (non-hydrogen) atoms. The van der Waals surface area contributed by atoms with Gasteiger partial charge in [0.1, 0.15) is 11.9 Å². The van der Waals surface area contributed by atoms with Gasteiger partial charge in [0, 0.05) is 11.8 Å². The second-order valence-electron chi connectivity index (χ2n) is 6.32. The van der Waals surface area contributed by atoms with Crippen molar-refractivity contribution >= 4 is 15.9 Å². The van der Waals surface area contributed by atoms with Crippen LogP contribution in [0, 0.1) is 18.3 Å². The third-order valence-electron chi connectivity index (χ3n) is 4.52. The Morgan fingerprint density at radius 1 is 1.39 bits per heavy atom. The molecule has 1 aliphatic carbocycles. The zero-order valence-corrected chi connectivity index (χ0v) is 12.8. The summed E-state index contributed by atoms with van der Waals surface area (Å²) < 4.78 is 6.12. The van der Waals surface area contributed by atoms with Gasteiger partial charge in [-0.15, -0.1) is 0 Å². The summed E-state index contributed by atoms with van der Waals surface area (Å²) in [5.41, 5.74) is 3.15. The normalized spacial score (nSPS) is 25.4. The van der Waals surface area contributed by atoms with Crippen molar-refractivity contribution in [2.75, 3.05) is 5.33 Å². The molecule has 1 saturated carbocycles. The molecule has 1 aliphatic heterocycles. The Kier molecular flexibility index (Phi) is 3.17. The standard InChI is InChI=1S/C16H21BrO/c1-11-3-6-15-12(7-11)8-14(18-15)9-16(2,10-17)13-4-5-13/h3,6-7,13-14H,4-5,8-10H2,1-2H3. The van der Waals surface area contributed by atoms with E-state index in [-0.39, 0.29) is 0 Å². The van der Waals surface area contributed by atoms with E-state index in [4.69, 9.17) is 4.74 Å². The molecule has 2 atom stereocenters. The van der Waals surface area contributed by atoms with Gasteiger partial charge in [-0.2, -0.15) is 0 Å². The van der Waals surface area contributed by atoms with Gasteiger partial charge < -0.3 is 4.74 Å². The minimum atomic E-state index is 0.380. The van der Waals surface area contributed by atoms with Crippen molar-refractivity contribution < 1.29 is 4.74 Å². The number of hydrogen-bond donors (Lipinski definition) is 0. The first-order chi connectivity index (χ1) is 8.60. The highest BCUT2D eigenvalue weighted by Gasteiger charge is 2.43. The first-order valence-corrected chi connectivity index (χ1v) is 8.05. The zero-order chi connectivity index (χ0) is 12.8. The van der Waals surface area contributed by atoms with Gasteiger partial charge in [-0.1, -0.05) is 40.5 Å². The average Bonchev–Trinajstić information content (AvgIpc) is 3.12. The van der Waals surface area contributed by atoms with Crippen LogP contribution in [0.4, 0.5) is 0 Å². The van der Waals surface area contributed by atoms with E-state index in [1.165, 1.54) is 30.4 Å². The molecule has 1 aromatic carbocycles. The van der Waals surface area contributed by atoms with Crippen LogP contribution in [-0.4, -0.2) is 11.4 Å². The SMILES string of the molecule is Cc1ccc2c(c1)CC(CC(C)(CBr)C1CC1)O2. The van der Waals surface area contributed by atoms with Gasteiger partial charge in [0.15, 0.2) is 0 Å². The monoisotopic (exact) mass is 308 g/mol. The number of aryl methyl sites for hydroxylation is 1. The van der Waals surface area contributed by atoms with Crippen molar-refractivity contribution in [3.8, 4) is 5.75 Å². The Balaban J connectivity index is 1.70. The highest BCUT2D eigenvalue weighted by Crippen LogP contribution is 2.50. The fraction of sp³-hybridized carbons (Fsp3) is 0.625. The van der Waals surface area contributed by atoms with E-state index in [0.29, 0.717) is 11.5 Å². The summed E-state index contributed by atoms with van der Waals surface area (Å²) >= 11 is 3.71. The molecule has 0 amide bonds. The van der Waals surface area contributed by atoms with Crippen molar-refractivity contribution in [1.29, 1.82) is 0 Å². The smallest absolute Gasteiger partial charge is 0.123 e. The van der Waals surface area contributed by atoms with Crippen molar-refractivity contribution in [2.45, 2.75) is 45.6 Å². The summed E-state index contributed by atoms with van der Waals surface area (Å²) in [5, 5.41) is 1.10. The molecule has 1 aromatic rings. The molecule has 2 heteroatoms. The van der Waals surface area contributed by atoms with Gasteiger partial charge in [-0.25, -0.2) is 0 Å². The molecule has 1 fully saturated rings. The molecule has 0 N–H and O–H groups in total. The van der Waals surface area contributed by atoms with Crippen LogP contribution in [0.25, 0.3) is 0 Å². The molecule has 2 unspecified atom stereocenters. The number of fused-ring (bicyclic) bond motifs is 1. The lowest BCUT2D eigenvalue weighted by molar-refractivity contribution is 0.145. The van der Waals surface area contributed by atoms with Crippen LogP contribution in [0.3, 0.4) is 0 Å². The molecule has 0 aromatic heterocycles. The fourth-order valence-corrected chi connectivity index (χ4v) is 3.88. The van der Waals surface area contributed by atoms with Gasteiger partial charge in [0.05, 0.1) is 0 Å². The van der Waals surface area contributed by atoms with E-state index in [9.17, 15) is 0 Å². The number of halogens is 1. The molecule has 0 radical (unpaired) electrons. The topological polar surface area (TPSA) is 9.23 Å².